The molecule has 1 aliphatic rings. The molecule has 31 heavy (non-hydrogen) atoms. The van der Waals surface area contributed by atoms with Gasteiger partial charge in [-0.25, -0.2) is 9.97 Å². The van der Waals surface area contributed by atoms with Gasteiger partial charge in [0.05, 0.1) is 11.4 Å². The van der Waals surface area contributed by atoms with Crippen LogP contribution in [0, 0.1) is 6.92 Å². The number of hydrogen-bond acceptors (Lipinski definition) is 7. The van der Waals surface area contributed by atoms with Crippen LogP contribution in [0.2, 0.25) is 0 Å². The summed E-state index contributed by atoms with van der Waals surface area (Å²) in [4.78, 5) is 27.2. The Morgan fingerprint density at radius 2 is 2.16 bits per heavy atom. The van der Waals surface area contributed by atoms with E-state index in [0.717, 1.165) is 53.3 Å². The molecule has 7 nitrogen and oxygen atoms in total. The van der Waals surface area contributed by atoms with Crippen molar-refractivity contribution in [3.63, 3.8) is 0 Å². The molecular weight excluding hydrogens is 478 g/mol. The third-order valence-electron chi connectivity index (χ3n) is 5.34. The summed E-state index contributed by atoms with van der Waals surface area (Å²) in [7, 11) is 0. The highest BCUT2D eigenvalue weighted by Crippen LogP contribution is 2.35. The van der Waals surface area contributed by atoms with E-state index in [1.54, 1.807) is 30.7 Å². The normalized spacial score (nSPS) is 16.6. The Balaban J connectivity index is 1.50. The largest absolute Gasteiger partial charge is 0.452 e. The van der Waals surface area contributed by atoms with Crippen molar-refractivity contribution in [3.05, 3.63) is 51.8 Å². The number of pyridine rings is 2. The molecule has 4 rings (SSSR count). The molecule has 1 fully saturated rings. The number of nitrogens with zero attached hydrogens (tertiary/aromatic N) is 4. The molecule has 0 radical (unpaired) electrons. The van der Waals surface area contributed by atoms with Gasteiger partial charge in [-0.3, -0.25) is 9.78 Å². The number of ether oxygens (including phenoxy) is 1. The van der Waals surface area contributed by atoms with E-state index in [-0.39, 0.29) is 5.91 Å². The van der Waals surface area contributed by atoms with E-state index in [9.17, 15) is 4.79 Å². The lowest BCUT2D eigenvalue weighted by Crippen LogP contribution is -2.29. The quantitative estimate of drug-likeness (QED) is 0.485. The lowest BCUT2D eigenvalue weighted by atomic mass is 9.98. The summed E-state index contributed by atoms with van der Waals surface area (Å²) in [5, 5.41) is 6.17. The van der Waals surface area contributed by atoms with E-state index in [2.05, 4.69) is 36.6 Å². The first-order valence-corrected chi connectivity index (χ1v) is 11.9. The number of halogens is 1. The molecule has 1 saturated heterocycles. The van der Waals surface area contributed by atoms with Crippen LogP contribution >= 0.6 is 27.3 Å². The van der Waals surface area contributed by atoms with Crippen LogP contribution in [0.5, 0.6) is 11.5 Å². The van der Waals surface area contributed by atoms with Gasteiger partial charge in [-0.15, -0.1) is 11.3 Å². The third kappa shape index (κ3) is 5.40. The van der Waals surface area contributed by atoms with E-state index in [1.165, 1.54) is 0 Å². The van der Waals surface area contributed by atoms with Gasteiger partial charge < -0.3 is 15.0 Å². The van der Waals surface area contributed by atoms with E-state index >= 15 is 0 Å². The molecule has 1 aliphatic heterocycles. The predicted octanol–water partition coefficient (Wildman–Crippen LogP) is 5.66. The van der Waals surface area contributed by atoms with Crippen LogP contribution in [0.1, 0.15) is 43.5 Å². The van der Waals surface area contributed by atoms with E-state index in [1.807, 2.05) is 30.0 Å². The summed E-state index contributed by atoms with van der Waals surface area (Å²) in [5.74, 6) is 2.38. The standard InChI is InChI=1S/C22H24BrN5O2S/c1-14-19(6-3-8-24-14)30-20-11-17(23)12-25-21(20)27-22-26-18(13-31-22)16-5-4-9-28(10-7-16)15(2)29/h3,6,8,11-13,16H,4-5,7,9-10H2,1-2H3,(H,25,26,27). The van der Waals surface area contributed by atoms with Crippen LogP contribution in [-0.2, 0) is 4.79 Å². The number of carbonyl (C=O) groups excluding carboxylic acids is 1. The molecule has 9 heteroatoms. The van der Waals surface area contributed by atoms with Gasteiger partial charge in [0, 0.05) is 54.2 Å². The van der Waals surface area contributed by atoms with E-state index in [4.69, 9.17) is 9.72 Å². The van der Waals surface area contributed by atoms with Crippen LogP contribution in [0.4, 0.5) is 10.9 Å². The average Bonchev–Trinajstić information content (AvgIpc) is 3.06. The summed E-state index contributed by atoms with van der Waals surface area (Å²) in [5.41, 5.74) is 1.87. The van der Waals surface area contributed by atoms with Crippen molar-refractivity contribution < 1.29 is 9.53 Å². The number of amides is 1. The zero-order valence-corrected chi connectivity index (χ0v) is 19.9. The second-order valence-electron chi connectivity index (χ2n) is 7.53. The highest BCUT2D eigenvalue weighted by atomic mass is 79.9. The smallest absolute Gasteiger partial charge is 0.219 e. The minimum atomic E-state index is 0.152. The Morgan fingerprint density at radius 1 is 1.29 bits per heavy atom. The fraction of sp³-hybridized carbons (Fsp3) is 0.364. The van der Waals surface area contributed by atoms with Gasteiger partial charge in [0.2, 0.25) is 5.91 Å². The van der Waals surface area contributed by atoms with Crippen molar-refractivity contribution in [1.82, 2.24) is 19.9 Å². The molecule has 0 bridgehead atoms. The molecule has 162 valence electrons. The summed E-state index contributed by atoms with van der Waals surface area (Å²) >= 11 is 5.02. The molecule has 4 heterocycles. The molecule has 0 spiro atoms. The maximum Gasteiger partial charge on any atom is 0.219 e. The predicted molar refractivity (Wildman–Crippen MR) is 125 cm³/mol. The van der Waals surface area contributed by atoms with Crippen molar-refractivity contribution in [2.75, 3.05) is 18.4 Å². The molecule has 1 N–H and O–H groups in total. The lowest BCUT2D eigenvalue weighted by molar-refractivity contribution is -0.128. The molecule has 1 unspecified atom stereocenters. The van der Waals surface area contributed by atoms with Crippen LogP contribution in [0.3, 0.4) is 0 Å². The van der Waals surface area contributed by atoms with Crippen LogP contribution in [-0.4, -0.2) is 38.8 Å². The average molecular weight is 502 g/mol. The molecular formula is C22H24BrN5O2S. The number of likely N-dealkylation sites (tertiary alicyclic amines) is 1. The van der Waals surface area contributed by atoms with Gasteiger partial charge >= 0.3 is 0 Å². The maximum absolute atomic E-state index is 11.7. The van der Waals surface area contributed by atoms with E-state index < -0.39 is 0 Å². The molecule has 3 aromatic rings. The molecule has 1 amide bonds. The Labute approximate surface area is 194 Å². The minimum absolute atomic E-state index is 0.152. The van der Waals surface area contributed by atoms with Crippen molar-refractivity contribution in [3.8, 4) is 11.5 Å². The number of anilines is 2. The summed E-state index contributed by atoms with van der Waals surface area (Å²) < 4.78 is 6.91. The van der Waals surface area contributed by atoms with Crippen LogP contribution < -0.4 is 10.1 Å². The zero-order chi connectivity index (χ0) is 21.8. The molecule has 0 aromatic carbocycles. The van der Waals surface area contributed by atoms with Crippen molar-refractivity contribution >= 4 is 44.1 Å². The lowest BCUT2D eigenvalue weighted by Gasteiger charge is -2.17. The van der Waals surface area contributed by atoms with Crippen molar-refractivity contribution in [2.45, 2.75) is 39.0 Å². The molecule has 3 aromatic heterocycles. The van der Waals surface area contributed by atoms with Gasteiger partial charge in [0.25, 0.3) is 0 Å². The highest BCUT2D eigenvalue weighted by Gasteiger charge is 2.22. The molecule has 0 saturated carbocycles. The first-order valence-electron chi connectivity index (χ1n) is 10.2. The molecule has 0 aliphatic carbocycles. The first-order chi connectivity index (χ1) is 15.0. The van der Waals surface area contributed by atoms with Gasteiger partial charge in [-0.2, -0.15) is 0 Å². The topological polar surface area (TPSA) is 80.2 Å². The highest BCUT2D eigenvalue weighted by molar-refractivity contribution is 9.10. The minimum Gasteiger partial charge on any atom is -0.452 e. The first kappa shape index (κ1) is 21.7. The van der Waals surface area contributed by atoms with Crippen LogP contribution in [0.25, 0.3) is 0 Å². The Morgan fingerprint density at radius 3 is 2.97 bits per heavy atom. The maximum atomic E-state index is 11.7. The van der Waals surface area contributed by atoms with Gasteiger partial charge in [0.15, 0.2) is 16.7 Å². The summed E-state index contributed by atoms with van der Waals surface area (Å²) in [6.07, 6.45) is 6.44. The number of thiazole rings is 1. The van der Waals surface area contributed by atoms with Gasteiger partial charge in [0.1, 0.15) is 5.75 Å². The number of aryl methyl sites for hydroxylation is 1. The monoisotopic (exact) mass is 501 g/mol. The third-order valence-corrected chi connectivity index (χ3v) is 6.55. The Hall–Kier alpha value is -2.52. The number of hydrogen-bond donors (Lipinski definition) is 1. The Kier molecular flexibility index (Phi) is 6.82. The zero-order valence-electron chi connectivity index (χ0n) is 17.5. The van der Waals surface area contributed by atoms with Gasteiger partial charge in [-0.05, 0) is 54.2 Å². The number of rotatable bonds is 5. The van der Waals surface area contributed by atoms with E-state index in [0.29, 0.717) is 23.2 Å². The number of nitrogens with one attached hydrogen (secondary N) is 1. The van der Waals surface area contributed by atoms with Crippen molar-refractivity contribution in [2.24, 2.45) is 0 Å². The van der Waals surface area contributed by atoms with Gasteiger partial charge in [-0.1, -0.05) is 0 Å². The number of aromatic nitrogens is 3. The number of carbonyl (C=O) groups is 1. The second-order valence-corrected chi connectivity index (χ2v) is 9.30. The fourth-order valence-corrected chi connectivity index (χ4v) is 4.73. The summed E-state index contributed by atoms with van der Waals surface area (Å²) in [6.45, 7) is 5.17. The SMILES string of the molecule is CC(=O)N1CCCC(c2csc(Nc3ncc(Br)cc3Oc3cccnc3C)n2)CC1. The van der Waals surface area contributed by atoms with Crippen LogP contribution in [0.15, 0.2) is 40.4 Å². The summed E-state index contributed by atoms with van der Waals surface area (Å²) in [6, 6.07) is 5.59. The van der Waals surface area contributed by atoms with Crippen molar-refractivity contribution in [1.29, 1.82) is 0 Å². The molecule has 1 atom stereocenters. The second kappa shape index (κ2) is 9.74. The fourth-order valence-electron chi connectivity index (χ4n) is 3.63. The Bertz CT molecular complexity index is 1070.